The number of halogens is 1. The van der Waals surface area contributed by atoms with Crippen LogP contribution >= 0.6 is 11.6 Å². The number of ketones is 1. The van der Waals surface area contributed by atoms with E-state index in [0.717, 1.165) is 0 Å². The summed E-state index contributed by atoms with van der Waals surface area (Å²) in [5.41, 5.74) is 1.41. The third-order valence-electron chi connectivity index (χ3n) is 4.41. The number of hydrogen-bond donors (Lipinski definition) is 0. The van der Waals surface area contributed by atoms with E-state index in [0.29, 0.717) is 23.4 Å². The van der Waals surface area contributed by atoms with Crippen LogP contribution in [0.3, 0.4) is 0 Å². The Morgan fingerprint density at radius 3 is 2.32 bits per heavy atom. The Balaban J connectivity index is 2.73. The third kappa shape index (κ3) is 3.84. The lowest BCUT2D eigenvalue weighted by Crippen LogP contribution is -2.14. The highest BCUT2D eigenvalue weighted by Crippen LogP contribution is 2.34. The minimum Gasteiger partial charge on any atom is -0.407 e. The number of aromatic nitrogens is 2. The van der Waals surface area contributed by atoms with Gasteiger partial charge in [-0.1, -0.05) is 18.5 Å². The topological polar surface area (TPSA) is 95.3 Å². The fraction of sp³-hybridized carbons (Fsp3) is 0.421. The maximum atomic E-state index is 13.3. The lowest BCUT2D eigenvalue weighted by Gasteiger charge is -2.15. The second-order valence-corrected chi connectivity index (χ2v) is 9.01. The summed E-state index contributed by atoms with van der Waals surface area (Å²) in [5.74, 6) is -1.08. The van der Waals surface area contributed by atoms with E-state index in [1.54, 1.807) is 34.6 Å². The van der Waals surface area contributed by atoms with E-state index in [-0.39, 0.29) is 32.7 Å². The molecule has 0 spiro atoms. The molecule has 28 heavy (non-hydrogen) atoms. The maximum absolute atomic E-state index is 13.3. The monoisotopic (exact) mass is 426 g/mol. The van der Waals surface area contributed by atoms with Gasteiger partial charge in [0.25, 0.3) is 0 Å². The van der Waals surface area contributed by atoms with Crippen LogP contribution in [-0.4, -0.2) is 35.7 Å². The summed E-state index contributed by atoms with van der Waals surface area (Å²) >= 11 is 6.41. The Morgan fingerprint density at radius 1 is 1.21 bits per heavy atom. The van der Waals surface area contributed by atoms with Gasteiger partial charge in [0, 0.05) is 19.0 Å². The van der Waals surface area contributed by atoms with Gasteiger partial charge < -0.3 is 4.74 Å². The van der Waals surface area contributed by atoms with Crippen LogP contribution in [0.15, 0.2) is 11.0 Å². The van der Waals surface area contributed by atoms with Crippen LogP contribution in [0.5, 0.6) is 5.88 Å². The average Bonchev–Trinajstić information content (AvgIpc) is 2.92. The van der Waals surface area contributed by atoms with Crippen molar-refractivity contribution < 1.29 is 22.7 Å². The molecule has 0 fully saturated rings. The lowest BCUT2D eigenvalue weighted by atomic mass is 9.99. The number of aryl methyl sites for hydroxylation is 3. The normalized spacial score (nSPS) is 11.5. The van der Waals surface area contributed by atoms with Crippen molar-refractivity contribution in [3.05, 3.63) is 39.0 Å². The summed E-state index contributed by atoms with van der Waals surface area (Å²) in [5, 5.41) is 4.31. The van der Waals surface area contributed by atoms with Gasteiger partial charge in [-0.2, -0.15) is 5.10 Å². The Morgan fingerprint density at radius 2 is 1.82 bits per heavy atom. The third-order valence-corrected chi connectivity index (χ3v) is 6.91. The van der Waals surface area contributed by atoms with Crippen LogP contribution in [-0.2, 0) is 21.2 Å². The van der Waals surface area contributed by atoms with Crippen molar-refractivity contribution in [3.8, 4) is 5.88 Å². The highest BCUT2D eigenvalue weighted by atomic mass is 35.5. The first kappa shape index (κ1) is 22.1. The van der Waals surface area contributed by atoms with E-state index in [4.69, 9.17) is 16.3 Å². The summed E-state index contributed by atoms with van der Waals surface area (Å²) in [6, 6.07) is 1.46. The Bertz CT molecular complexity index is 1070. The van der Waals surface area contributed by atoms with Crippen molar-refractivity contribution in [1.29, 1.82) is 0 Å². The molecule has 9 heteroatoms. The summed E-state index contributed by atoms with van der Waals surface area (Å²) in [6.07, 6.45) is 0. The van der Waals surface area contributed by atoms with E-state index >= 15 is 0 Å². The van der Waals surface area contributed by atoms with Crippen molar-refractivity contribution in [2.45, 2.75) is 53.0 Å². The van der Waals surface area contributed by atoms with Gasteiger partial charge >= 0.3 is 5.97 Å². The molecule has 0 bridgehead atoms. The van der Waals surface area contributed by atoms with Gasteiger partial charge in [0.05, 0.1) is 21.4 Å². The number of rotatable bonds is 6. The van der Waals surface area contributed by atoms with E-state index < -0.39 is 21.6 Å². The summed E-state index contributed by atoms with van der Waals surface area (Å²) in [7, 11) is -3.50. The molecule has 0 amide bonds. The number of hydrogen-bond acceptors (Lipinski definition) is 6. The molecule has 0 aliphatic rings. The minimum absolute atomic E-state index is 0.0501. The molecule has 152 valence electrons. The number of esters is 1. The van der Waals surface area contributed by atoms with Crippen LogP contribution in [0.1, 0.15) is 53.5 Å². The molecule has 2 aromatic rings. The molecule has 0 aliphatic heterocycles. The van der Waals surface area contributed by atoms with Gasteiger partial charge in [0.1, 0.15) is 5.56 Å². The number of nitrogens with zero attached hydrogens (tertiary/aromatic N) is 2. The van der Waals surface area contributed by atoms with Gasteiger partial charge in [-0.05, 0) is 44.9 Å². The molecule has 1 aromatic heterocycles. The fourth-order valence-electron chi connectivity index (χ4n) is 3.14. The summed E-state index contributed by atoms with van der Waals surface area (Å²) in [6.45, 7) is 9.82. The standard InChI is InChI=1S/C19H23ClN2O5S/c1-7-22-19(27-13(6)23)15(12(5)21-22)17(24)14-9-10(3)18(11(4)16(14)20)28(25,26)8-2/h9H,7-8H2,1-6H3. The van der Waals surface area contributed by atoms with Crippen molar-refractivity contribution >= 4 is 33.2 Å². The first-order valence-electron chi connectivity index (χ1n) is 8.79. The number of sulfone groups is 1. The number of benzene rings is 1. The number of ether oxygens (including phenoxy) is 1. The minimum atomic E-state index is -3.50. The average molecular weight is 427 g/mol. The smallest absolute Gasteiger partial charge is 0.309 e. The van der Waals surface area contributed by atoms with Crippen molar-refractivity contribution in [2.75, 3.05) is 5.75 Å². The quantitative estimate of drug-likeness (QED) is 0.518. The maximum Gasteiger partial charge on any atom is 0.309 e. The zero-order valence-electron chi connectivity index (χ0n) is 16.7. The van der Waals surface area contributed by atoms with Crippen LogP contribution in [0.4, 0.5) is 0 Å². The SMILES string of the molecule is CCn1nc(C)c(C(=O)c2cc(C)c(S(=O)(=O)CC)c(C)c2Cl)c1OC(C)=O. The Labute approximate surface area is 169 Å². The molecule has 0 N–H and O–H groups in total. The van der Waals surface area contributed by atoms with Crippen molar-refractivity contribution in [3.63, 3.8) is 0 Å². The molecule has 2 rings (SSSR count). The first-order valence-corrected chi connectivity index (χ1v) is 10.8. The van der Waals surface area contributed by atoms with E-state index in [1.807, 2.05) is 0 Å². The molecule has 0 radical (unpaired) electrons. The predicted molar refractivity (Wildman–Crippen MR) is 106 cm³/mol. The van der Waals surface area contributed by atoms with Crippen molar-refractivity contribution in [2.24, 2.45) is 0 Å². The molecule has 0 unspecified atom stereocenters. The number of carbonyl (C=O) groups excluding carboxylic acids is 2. The van der Waals surface area contributed by atoms with Gasteiger partial charge in [-0.25, -0.2) is 13.1 Å². The molecular weight excluding hydrogens is 404 g/mol. The zero-order chi connectivity index (χ0) is 21.4. The molecule has 7 nitrogen and oxygen atoms in total. The largest absolute Gasteiger partial charge is 0.407 e. The highest BCUT2D eigenvalue weighted by Gasteiger charge is 2.29. The fourth-order valence-corrected chi connectivity index (χ4v) is 4.84. The summed E-state index contributed by atoms with van der Waals surface area (Å²) < 4.78 is 31.5. The van der Waals surface area contributed by atoms with E-state index in [1.165, 1.54) is 17.7 Å². The Hall–Kier alpha value is -2.19. The van der Waals surface area contributed by atoms with Crippen LogP contribution in [0.2, 0.25) is 5.02 Å². The van der Waals surface area contributed by atoms with E-state index in [9.17, 15) is 18.0 Å². The van der Waals surface area contributed by atoms with Gasteiger partial charge in [0.15, 0.2) is 9.84 Å². The van der Waals surface area contributed by atoms with Gasteiger partial charge in [-0.15, -0.1) is 0 Å². The first-order chi connectivity index (χ1) is 13.0. The molecule has 1 aromatic carbocycles. The highest BCUT2D eigenvalue weighted by molar-refractivity contribution is 7.91. The van der Waals surface area contributed by atoms with Crippen LogP contribution < -0.4 is 4.74 Å². The zero-order valence-corrected chi connectivity index (χ0v) is 18.3. The Kier molecular flexibility index (Phi) is 6.35. The second kappa shape index (κ2) is 8.05. The van der Waals surface area contributed by atoms with E-state index in [2.05, 4.69) is 5.10 Å². The van der Waals surface area contributed by atoms with Gasteiger partial charge in [0.2, 0.25) is 11.7 Å². The molecule has 0 atom stereocenters. The molecule has 0 saturated carbocycles. The molecule has 0 aliphatic carbocycles. The predicted octanol–water partition coefficient (Wildman–Crippen LogP) is 3.43. The number of carbonyl (C=O) groups is 2. The molecule has 1 heterocycles. The molecule has 0 saturated heterocycles. The lowest BCUT2D eigenvalue weighted by molar-refractivity contribution is -0.132. The second-order valence-electron chi connectivity index (χ2n) is 6.42. The van der Waals surface area contributed by atoms with Gasteiger partial charge in [-0.3, -0.25) is 9.59 Å². The summed E-state index contributed by atoms with van der Waals surface area (Å²) in [4.78, 5) is 24.9. The molecular formula is C19H23ClN2O5S. The van der Waals surface area contributed by atoms with Crippen LogP contribution in [0.25, 0.3) is 0 Å². The van der Waals surface area contributed by atoms with Crippen molar-refractivity contribution in [1.82, 2.24) is 9.78 Å². The van der Waals surface area contributed by atoms with Crippen LogP contribution in [0, 0.1) is 20.8 Å².